The van der Waals surface area contributed by atoms with E-state index in [0.29, 0.717) is 6.54 Å². The number of aromatic nitrogens is 2. The number of hydrogen-bond donors (Lipinski definition) is 2. The van der Waals surface area contributed by atoms with Gasteiger partial charge in [-0.1, -0.05) is 25.7 Å². The molecule has 2 N–H and O–H groups in total. The number of aryl methyl sites for hydroxylation is 1. The second kappa shape index (κ2) is 4.87. The zero-order chi connectivity index (χ0) is 11.4. The van der Waals surface area contributed by atoms with Crippen LogP contribution in [0.2, 0.25) is 0 Å². The predicted octanol–water partition coefficient (Wildman–Crippen LogP) is 1.92. The van der Waals surface area contributed by atoms with Gasteiger partial charge in [0.25, 0.3) is 0 Å². The summed E-state index contributed by atoms with van der Waals surface area (Å²) in [7, 11) is 1.89. The first-order valence-corrected chi connectivity index (χ1v) is 6.14. The lowest BCUT2D eigenvalue weighted by atomic mass is 9.94. The topological polar surface area (TPSA) is 50.1 Å². The Morgan fingerprint density at radius 2 is 2.06 bits per heavy atom. The zero-order valence-electron chi connectivity index (χ0n) is 9.95. The van der Waals surface area contributed by atoms with Gasteiger partial charge in [-0.15, -0.1) is 0 Å². The average molecular weight is 223 g/mol. The lowest BCUT2D eigenvalue weighted by molar-refractivity contribution is 0.0380. The molecular formula is C12H21N3O. The van der Waals surface area contributed by atoms with Crippen LogP contribution in [0.1, 0.15) is 38.5 Å². The van der Waals surface area contributed by atoms with Gasteiger partial charge in [0.05, 0.1) is 5.60 Å². The molecule has 1 aliphatic rings. The van der Waals surface area contributed by atoms with Gasteiger partial charge in [-0.25, -0.2) is 0 Å². The van der Waals surface area contributed by atoms with Gasteiger partial charge >= 0.3 is 0 Å². The predicted molar refractivity (Wildman–Crippen MR) is 64.3 cm³/mol. The molecule has 1 heterocycles. The average Bonchev–Trinajstić information content (AvgIpc) is 2.54. The first-order valence-electron chi connectivity index (χ1n) is 6.14. The highest BCUT2D eigenvalue weighted by atomic mass is 16.3. The van der Waals surface area contributed by atoms with Crippen LogP contribution in [0.3, 0.4) is 0 Å². The van der Waals surface area contributed by atoms with Gasteiger partial charge in [0.1, 0.15) is 5.82 Å². The first-order chi connectivity index (χ1) is 7.68. The number of rotatable bonds is 3. The van der Waals surface area contributed by atoms with Crippen molar-refractivity contribution < 1.29 is 5.11 Å². The molecule has 1 aromatic heterocycles. The second-order valence-corrected chi connectivity index (χ2v) is 4.87. The van der Waals surface area contributed by atoms with Gasteiger partial charge < -0.3 is 10.4 Å². The monoisotopic (exact) mass is 223 g/mol. The first kappa shape index (κ1) is 11.5. The van der Waals surface area contributed by atoms with Gasteiger partial charge in [0.15, 0.2) is 0 Å². The Balaban J connectivity index is 1.87. The molecule has 0 saturated heterocycles. The standard InChI is InChI=1S/C12H21N3O/c1-15-9-6-11(14-15)13-10-12(16)7-4-2-3-5-8-12/h6,9,16H,2-5,7-8,10H2,1H3,(H,13,14). The lowest BCUT2D eigenvalue weighted by Gasteiger charge is -2.26. The second-order valence-electron chi connectivity index (χ2n) is 4.87. The Kier molecular flexibility index (Phi) is 3.49. The molecule has 0 bridgehead atoms. The number of nitrogens with zero attached hydrogens (tertiary/aromatic N) is 2. The van der Waals surface area contributed by atoms with Crippen molar-refractivity contribution in [2.45, 2.75) is 44.1 Å². The van der Waals surface area contributed by atoms with Crippen molar-refractivity contribution in [1.82, 2.24) is 9.78 Å². The number of aliphatic hydroxyl groups is 1. The quantitative estimate of drug-likeness (QED) is 0.770. The molecule has 1 fully saturated rings. The van der Waals surface area contributed by atoms with Crippen molar-refractivity contribution in [3.05, 3.63) is 12.3 Å². The minimum absolute atomic E-state index is 0.534. The van der Waals surface area contributed by atoms with E-state index in [4.69, 9.17) is 0 Å². The largest absolute Gasteiger partial charge is 0.388 e. The maximum absolute atomic E-state index is 10.4. The third-order valence-electron chi connectivity index (χ3n) is 3.35. The maximum atomic E-state index is 10.4. The summed E-state index contributed by atoms with van der Waals surface area (Å²) in [6.45, 7) is 0.615. The van der Waals surface area contributed by atoms with Crippen LogP contribution < -0.4 is 5.32 Å². The van der Waals surface area contributed by atoms with Gasteiger partial charge in [0, 0.05) is 25.9 Å². The smallest absolute Gasteiger partial charge is 0.148 e. The minimum Gasteiger partial charge on any atom is -0.388 e. The normalized spacial score (nSPS) is 20.4. The molecule has 0 atom stereocenters. The van der Waals surface area contributed by atoms with Crippen molar-refractivity contribution in [2.75, 3.05) is 11.9 Å². The van der Waals surface area contributed by atoms with E-state index in [0.717, 1.165) is 31.5 Å². The Labute approximate surface area is 96.7 Å². The van der Waals surface area contributed by atoms with Gasteiger partial charge in [0.2, 0.25) is 0 Å². The Hall–Kier alpha value is -1.03. The summed E-state index contributed by atoms with van der Waals surface area (Å²) in [4.78, 5) is 0. The van der Waals surface area contributed by atoms with Crippen LogP contribution in [-0.2, 0) is 7.05 Å². The molecule has 4 heteroatoms. The van der Waals surface area contributed by atoms with E-state index in [1.807, 2.05) is 19.3 Å². The highest BCUT2D eigenvalue weighted by Crippen LogP contribution is 2.27. The maximum Gasteiger partial charge on any atom is 0.148 e. The van der Waals surface area contributed by atoms with Crippen LogP contribution in [0.5, 0.6) is 0 Å². The van der Waals surface area contributed by atoms with Crippen LogP contribution in [-0.4, -0.2) is 27.0 Å². The molecule has 0 aromatic carbocycles. The highest BCUT2D eigenvalue weighted by Gasteiger charge is 2.27. The van der Waals surface area contributed by atoms with Crippen LogP contribution in [0.25, 0.3) is 0 Å². The Bertz CT molecular complexity index is 327. The van der Waals surface area contributed by atoms with Gasteiger partial charge in [-0.2, -0.15) is 5.10 Å². The highest BCUT2D eigenvalue weighted by molar-refractivity contribution is 5.32. The molecule has 0 amide bonds. The van der Waals surface area contributed by atoms with Crippen LogP contribution in [0, 0.1) is 0 Å². The number of hydrogen-bond acceptors (Lipinski definition) is 3. The third kappa shape index (κ3) is 2.98. The Morgan fingerprint density at radius 3 is 2.62 bits per heavy atom. The molecule has 1 saturated carbocycles. The van der Waals surface area contributed by atoms with E-state index in [-0.39, 0.29) is 0 Å². The summed E-state index contributed by atoms with van der Waals surface area (Å²) >= 11 is 0. The molecule has 90 valence electrons. The number of nitrogens with one attached hydrogen (secondary N) is 1. The van der Waals surface area contributed by atoms with E-state index in [2.05, 4.69) is 10.4 Å². The summed E-state index contributed by atoms with van der Waals surface area (Å²) < 4.78 is 1.76. The van der Waals surface area contributed by atoms with E-state index >= 15 is 0 Å². The zero-order valence-corrected chi connectivity index (χ0v) is 9.95. The molecule has 0 aliphatic heterocycles. The number of anilines is 1. The van der Waals surface area contributed by atoms with Crippen LogP contribution >= 0.6 is 0 Å². The van der Waals surface area contributed by atoms with E-state index < -0.39 is 5.60 Å². The summed E-state index contributed by atoms with van der Waals surface area (Å²) in [5, 5.41) is 17.9. The summed E-state index contributed by atoms with van der Waals surface area (Å²) in [5.74, 6) is 0.847. The van der Waals surface area contributed by atoms with Gasteiger partial charge in [-0.3, -0.25) is 4.68 Å². The fraction of sp³-hybridized carbons (Fsp3) is 0.750. The fourth-order valence-corrected chi connectivity index (χ4v) is 2.33. The molecule has 0 spiro atoms. The Morgan fingerprint density at radius 1 is 1.38 bits per heavy atom. The summed E-state index contributed by atoms with van der Waals surface area (Å²) in [5.41, 5.74) is -0.534. The molecule has 0 radical (unpaired) electrons. The van der Waals surface area contributed by atoms with Crippen molar-refractivity contribution in [2.24, 2.45) is 7.05 Å². The van der Waals surface area contributed by atoms with E-state index in [1.165, 1.54) is 12.8 Å². The molecule has 16 heavy (non-hydrogen) atoms. The molecule has 1 aromatic rings. The summed E-state index contributed by atoms with van der Waals surface area (Å²) in [6.07, 6.45) is 8.51. The molecule has 2 rings (SSSR count). The van der Waals surface area contributed by atoms with E-state index in [1.54, 1.807) is 4.68 Å². The molecule has 1 aliphatic carbocycles. The van der Waals surface area contributed by atoms with Crippen molar-refractivity contribution in [3.8, 4) is 0 Å². The van der Waals surface area contributed by atoms with Crippen molar-refractivity contribution in [3.63, 3.8) is 0 Å². The fourth-order valence-electron chi connectivity index (χ4n) is 2.33. The summed E-state index contributed by atoms with van der Waals surface area (Å²) in [6, 6.07) is 1.93. The third-order valence-corrected chi connectivity index (χ3v) is 3.35. The molecular weight excluding hydrogens is 202 g/mol. The van der Waals surface area contributed by atoms with Crippen LogP contribution in [0.4, 0.5) is 5.82 Å². The molecule has 0 unspecified atom stereocenters. The van der Waals surface area contributed by atoms with Crippen molar-refractivity contribution in [1.29, 1.82) is 0 Å². The molecule has 4 nitrogen and oxygen atoms in total. The van der Waals surface area contributed by atoms with Crippen molar-refractivity contribution >= 4 is 5.82 Å². The van der Waals surface area contributed by atoms with Crippen LogP contribution in [0.15, 0.2) is 12.3 Å². The lowest BCUT2D eigenvalue weighted by Crippen LogP contribution is -2.36. The SMILES string of the molecule is Cn1ccc(NCC2(O)CCCCCC2)n1. The minimum atomic E-state index is -0.534. The van der Waals surface area contributed by atoms with Gasteiger partial charge in [-0.05, 0) is 12.8 Å². The van der Waals surface area contributed by atoms with E-state index in [9.17, 15) is 5.11 Å².